The van der Waals surface area contributed by atoms with Crippen molar-refractivity contribution in [2.75, 3.05) is 26.2 Å². The predicted octanol–water partition coefficient (Wildman–Crippen LogP) is 3.66. The smallest absolute Gasteiger partial charge is 0.137 e. The molecule has 0 radical (unpaired) electrons. The average Bonchev–Trinajstić information content (AvgIpc) is 3.17. The Hall–Kier alpha value is -1.65. The molecule has 2 aliphatic rings. The van der Waals surface area contributed by atoms with E-state index in [0.717, 1.165) is 38.5 Å². The van der Waals surface area contributed by atoms with Gasteiger partial charge in [-0.1, -0.05) is 12.1 Å². The largest absolute Gasteiger partial charge is 0.460 e. The molecular formula is C19H23FN2O. The van der Waals surface area contributed by atoms with Gasteiger partial charge < -0.3 is 9.73 Å². The maximum Gasteiger partial charge on any atom is 0.137 e. The van der Waals surface area contributed by atoms with Crippen LogP contribution in [0.5, 0.6) is 0 Å². The highest BCUT2D eigenvalue weighted by Gasteiger charge is 2.38. The molecule has 2 aliphatic heterocycles. The number of hydrogen-bond donors (Lipinski definition) is 1. The summed E-state index contributed by atoms with van der Waals surface area (Å²) in [6, 6.07) is 10.6. The van der Waals surface area contributed by atoms with Gasteiger partial charge in [0.1, 0.15) is 17.3 Å². The first-order chi connectivity index (χ1) is 11.2. The van der Waals surface area contributed by atoms with Gasteiger partial charge in [-0.3, -0.25) is 4.90 Å². The topological polar surface area (TPSA) is 28.4 Å². The molecule has 0 atom stereocenters. The zero-order chi connectivity index (χ0) is 15.7. The summed E-state index contributed by atoms with van der Waals surface area (Å²) in [6.45, 7) is 5.40. The second-order valence-corrected chi connectivity index (χ2v) is 6.96. The van der Waals surface area contributed by atoms with E-state index >= 15 is 0 Å². The van der Waals surface area contributed by atoms with Gasteiger partial charge in [0, 0.05) is 6.54 Å². The van der Waals surface area contributed by atoms with Crippen molar-refractivity contribution in [2.24, 2.45) is 5.41 Å². The Kier molecular flexibility index (Phi) is 3.95. The fourth-order valence-corrected chi connectivity index (χ4v) is 4.02. The summed E-state index contributed by atoms with van der Waals surface area (Å²) in [5.74, 6) is 1.31. The fraction of sp³-hybridized carbons (Fsp3) is 0.474. The highest BCUT2D eigenvalue weighted by atomic mass is 19.1. The Balaban J connectivity index is 1.44. The van der Waals surface area contributed by atoms with Crippen LogP contribution in [0.25, 0.3) is 11.3 Å². The lowest BCUT2D eigenvalue weighted by atomic mass is 9.78. The number of rotatable bonds is 3. The number of piperidine rings is 1. The molecular weight excluding hydrogens is 291 g/mol. The molecule has 4 heteroatoms. The maximum absolute atomic E-state index is 13.9. The summed E-state index contributed by atoms with van der Waals surface area (Å²) in [5, 5.41) is 3.45. The minimum absolute atomic E-state index is 0.233. The predicted molar refractivity (Wildman–Crippen MR) is 88.5 cm³/mol. The van der Waals surface area contributed by atoms with E-state index in [4.69, 9.17) is 4.42 Å². The van der Waals surface area contributed by atoms with Crippen molar-refractivity contribution in [3.8, 4) is 11.3 Å². The van der Waals surface area contributed by atoms with Crippen molar-refractivity contribution < 1.29 is 8.81 Å². The van der Waals surface area contributed by atoms with E-state index in [9.17, 15) is 4.39 Å². The summed E-state index contributed by atoms with van der Waals surface area (Å²) in [6.07, 6.45) is 3.85. The molecule has 122 valence electrons. The molecule has 23 heavy (non-hydrogen) atoms. The fourth-order valence-electron chi connectivity index (χ4n) is 4.02. The van der Waals surface area contributed by atoms with Gasteiger partial charge in [0.15, 0.2) is 0 Å². The average molecular weight is 314 g/mol. The molecule has 4 rings (SSSR count). The number of hydrogen-bond acceptors (Lipinski definition) is 3. The number of nitrogens with one attached hydrogen (secondary N) is 1. The van der Waals surface area contributed by atoms with E-state index in [-0.39, 0.29) is 5.82 Å². The van der Waals surface area contributed by atoms with Gasteiger partial charge in [-0.25, -0.2) is 4.39 Å². The van der Waals surface area contributed by atoms with E-state index in [2.05, 4.69) is 10.2 Å². The third-order valence-corrected chi connectivity index (χ3v) is 5.36. The normalized spacial score (nSPS) is 21.1. The van der Waals surface area contributed by atoms with Crippen LogP contribution < -0.4 is 5.32 Å². The molecule has 3 heterocycles. The maximum atomic E-state index is 13.9. The summed E-state index contributed by atoms with van der Waals surface area (Å²) in [4.78, 5) is 2.48. The highest BCUT2D eigenvalue weighted by Crippen LogP contribution is 2.39. The SMILES string of the molecule is Fc1ccccc1-c1ccc(CN2CCC3(CCNCC3)C2)o1. The van der Waals surface area contributed by atoms with Crippen LogP contribution in [-0.4, -0.2) is 31.1 Å². The zero-order valence-electron chi connectivity index (χ0n) is 13.4. The van der Waals surface area contributed by atoms with E-state index < -0.39 is 0 Å². The molecule has 0 amide bonds. The summed E-state index contributed by atoms with van der Waals surface area (Å²) >= 11 is 0. The summed E-state index contributed by atoms with van der Waals surface area (Å²) in [7, 11) is 0. The third-order valence-electron chi connectivity index (χ3n) is 5.36. The molecule has 0 bridgehead atoms. The first kappa shape index (κ1) is 14.9. The van der Waals surface area contributed by atoms with Crippen molar-refractivity contribution in [3.05, 3.63) is 48.0 Å². The lowest BCUT2D eigenvalue weighted by molar-refractivity contribution is 0.189. The minimum Gasteiger partial charge on any atom is -0.460 e. The number of nitrogens with zero attached hydrogens (tertiary/aromatic N) is 1. The van der Waals surface area contributed by atoms with Gasteiger partial charge >= 0.3 is 0 Å². The monoisotopic (exact) mass is 314 g/mol. The summed E-state index contributed by atoms with van der Waals surface area (Å²) in [5.41, 5.74) is 1.04. The van der Waals surface area contributed by atoms with E-state index in [1.165, 1.54) is 25.3 Å². The standard InChI is InChI=1S/C19H23FN2O/c20-17-4-2-1-3-16(17)18-6-5-15(23-18)13-22-12-9-19(14-22)7-10-21-11-8-19/h1-6,21H,7-14H2. The number of benzene rings is 1. The van der Waals surface area contributed by atoms with Gasteiger partial charge in [-0.05, 0) is 68.6 Å². The quantitative estimate of drug-likeness (QED) is 0.937. The van der Waals surface area contributed by atoms with Crippen LogP contribution in [0, 0.1) is 11.2 Å². The van der Waals surface area contributed by atoms with Crippen LogP contribution >= 0.6 is 0 Å². The molecule has 1 aromatic carbocycles. The molecule has 2 aromatic rings. The van der Waals surface area contributed by atoms with Crippen molar-refractivity contribution in [2.45, 2.75) is 25.8 Å². The minimum atomic E-state index is -0.233. The lowest BCUT2D eigenvalue weighted by Gasteiger charge is -2.33. The van der Waals surface area contributed by atoms with Crippen LogP contribution in [0.3, 0.4) is 0 Å². The molecule has 0 saturated carbocycles. The highest BCUT2D eigenvalue weighted by molar-refractivity contribution is 5.58. The van der Waals surface area contributed by atoms with Crippen LogP contribution in [-0.2, 0) is 6.54 Å². The molecule has 1 N–H and O–H groups in total. The van der Waals surface area contributed by atoms with Crippen molar-refractivity contribution >= 4 is 0 Å². The molecule has 3 nitrogen and oxygen atoms in total. The lowest BCUT2D eigenvalue weighted by Crippen LogP contribution is -2.38. The molecule has 1 aromatic heterocycles. The van der Waals surface area contributed by atoms with Crippen LogP contribution in [0.15, 0.2) is 40.8 Å². The van der Waals surface area contributed by atoms with Crippen molar-refractivity contribution in [1.29, 1.82) is 0 Å². The summed E-state index contributed by atoms with van der Waals surface area (Å²) < 4.78 is 19.7. The van der Waals surface area contributed by atoms with E-state index in [1.807, 2.05) is 18.2 Å². The van der Waals surface area contributed by atoms with Crippen LogP contribution in [0.2, 0.25) is 0 Å². The molecule has 1 spiro atoms. The second-order valence-electron chi connectivity index (χ2n) is 6.96. The zero-order valence-corrected chi connectivity index (χ0v) is 13.4. The Morgan fingerprint density at radius 1 is 1.09 bits per heavy atom. The van der Waals surface area contributed by atoms with Gasteiger partial charge in [0.25, 0.3) is 0 Å². The number of furan rings is 1. The first-order valence-corrected chi connectivity index (χ1v) is 8.51. The Labute approximate surface area is 136 Å². The third kappa shape index (κ3) is 3.06. The van der Waals surface area contributed by atoms with Crippen molar-refractivity contribution in [3.63, 3.8) is 0 Å². The number of likely N-dealkylation sites (tertiary alicyclic amines) is 1. The Morgan fingerprint density at radius 3 is 2.74 bits per heavy atom. The molecule has 2 saturated heterocycles. The van der Waals surface area contributed by atoms with E-state index in [0.29, 0.717) is 16.7 Å². The number of halogens is 1. The molecule has 0 unspecified atom stereocenters. The van der Waals surface area contributed by atoms with Gasteiger partial charge in [0.05, 0.1) is 12.1 Å². The van der Waals surface area contributed by atoms with Gasteiger partial charge in [0.2, 0.25) is 0 Å². The molecule has 0 aliphatic carbocycles. The van der Waals surface area contributed by atoms with E-state index in [1.54, 1.807) is 12.1 Å². The van der Waals surface area contributed by atoms with Gasteiger partial charge in [-0.2, -0.15) is 0 Å². The first-order valence-electron chi connectivity index (χ1n) is 8.51. The Morgan fingerprint density at radius 2 is 1.91 bits per heavy atom. The molecule has 2 fully saturated rings. The van der Waals surface area contributed by atoms with Crippen LogP contribution in [0.4, 0.5) is 4.39 Å². The van der Waals surface area contributed by atoms with Gasteiger partial charge in [-0.15, -0.1) is 0 Å². The van der Waals surface area contributed by atoms with Crippen LogP contribution in [0.1, 0.15) is 25.0 Å². The second kappa shape index (κ2) is 6.10. The Bertz CT molecular complexity index is 676. The van der Waals surface area contributed by atoms with Crippen molar-refractivity contribution in [1.82, 2.24) is 10.2 Å².